The fourth-order valence-corrected chi connectivity index (χ4v) is 3.33. The van der Waals surface area contributed by atoms with Crippen molar-refractivity contribution in [2.45, 2.75) is 31.7 Å². The van der Waals surface area contributed by atoms with E-state index in [2.05, 4.69) is 4.90 Å². The largest absolute Gasteiger partial charge is 0.481 e. The quantitative estimate of drug-likeness (QED) is 0.773. The van der Waals surface area contributed by atoms with Crippen LogP contribution < -0.4 is 0 Å². The monoisotopic (exact) mass is 252 g/mol. The number of amides is 1. The predicted octanol–water partition coefficient (Wildman–Crippen LogP) is 0.404. The van der Waals surface area contributed by atoms with Crippen molar-refractivity contribution < 1.29 is 14.7 Å². The molecule has 1 aliphatic carbocycles. The number of aliphatic carboxylic acids is 1. The predicted molar refractivity (Wildman–Crippen MR) is 65.0 cm³/mol. The first-order valence-corrected chi connectivity index (χ1v) is 6.92. The van der Waals surface area contributed by atoms with Gasteiger partial charge in [-0.2, -0.15) is 0 Å². The average molecular weight is 252 g/mol. The zero-order valence-corrected chi connectivity index (χ0v) is 10.5. The van der Waals surface area contributed by atoms with E-state index in [-0.39, 0.29) is 11.8 Å². The van der Waals surface area contributed by atoms with Crippen molar-refractivity contribution >= 4 is 11.9 Å². The molecule has 18 heavy (non-hydrogen) atoms. The van der Waals surface area contributed by atoms with Gasteiger partial charge in [0.2, 0.25) is 5.91 Å². The number of fused-ring (bicyclic) bond motifs is 1. The lowest BCUT2D eigenvalue weighted by molar-refractivity contribution is -0.143. The lowest BCUT2D eigenvalue weighted by Crippen LogP contribution is -2.56. The third kappa shape index (κ3) is 2.11. The molecule has 2 heterocycles. The number of carboxylic acid groups (broad SMARTS) is 1. The van der Waals surface area contributed by atoms with Gasteiger partial charge in [-0.15, -0.1) is 0 Å². The molecule has 0 spiro atoms. The molecule has 100 valence electrons. The minimum atomic E-state index is -0.815. The zero-order valence-electron chi connectivity index (χ0n) is 10.5. The molecule has 2 saturated heterocycles. The van der Waals surface area contributed by atoms with Gasteiger partial charge in [0.05, 0.1) is 11.8 Å². The minimum Gasteiger partial charge on any atom is -0.481 e. The van der Waals surface area contributed by atoms with Crippen LogP contribution in [-0.2, 0) is 9.59 Å². The molecule has 0 radical (unpaired) electrons. The topological polar surface area (TPSA) is 60.9 Å². The van der Waals surface area contributed by atoms with Crippen LogP contribution in [-0.4, -0.2) is 59.0 Å². The number of carbonyl (C=O) groups is 2. The standard InChI is InChI=1S/C13H20N2O3/c16-12(10-7-11(10)13(17)18)15-6-5-14-4-2-1-3-9(14)8-15/h9-11H,1-8H2,(H,17,18)/t9?,10-,11+/m1/s1. The number of piperazine rings is 1. The van der Waals surface area contributed by atoms with Gasteiger partial charge in [0.15, 0.2) is 0 Å². The van der Waals surface area contributed by atoms with Gasteiger partial charge < -0.3 is 10.0 Å². The average Bonchev–Trinajstić information content (AvgIpc) is 3.17. The Morgan fingerprint density at radius 2 is 1.89 bits per heavy atom. The van der Waals surface area contributed by atoms with Crippen LogP contribution in [0.3, 0.4) is 0 Å². The Kier molecular flexibility index (Phi) is 3.01. The third-order valence-electron chi connectivity index (χ3n) is 4.57. The second-order valence-electron chi connectivity index (χ2n) is 5.76. The third-order valence-corrected chi connectivity index (χ3v) is 4.57. The highest BCUT2D eigenvalue weighted by molar-refractivity contribution is 5.89. The lowest BCUT2D eigenvalue weighted by atomic mass is 9.99. The maximum absolute atomic E-state index is 12.2. The second-order valence-corrected chi connectivity index (χ2v) is 5.76. The molecule has 2 aliphatic heterocycles. The number of piperidine rings is 1. The Balaban J connectivity index is 1.57. The Morgan fingerprint density at radius 3 is 2.61 bits per heavy atom. The molecule has 1 amide bonds. The van der Waals surface area contributed by atoms with E-state index >= 15 is 0 Å². The van der Waals surface area contributed by atoms with Crippen LogP contribution in [0.1, 0.15) is 25.7 Å². The van der Waals surface area contributed by atoms with Crippen molar-refractivity contribution in [3.05, 3.63) is 0 Å². The van der Waals surface area contributed by atoms with E-state index < -0.39 is 11.9 Å². The van der Waals surface area contributed by atoms with Crippen LogP contribution in [0.25, 0.3) is 0 Å². The summed E-state index contributed by atoms with van der Waals surface area (Å²) in [5.41, 5.74) is 0. The van der Waals surface area contributed by atoms with Gasteiger partial charge >= 0.3 is 5.97 Å². The molecule has 3 fully saturated rings. The molecule has 5 nitrogen and oxygen atoms in total. The second kappa shape index (κ2) is 4.53. The summed E-state index contributed by atoms with van der Waals surface area (Å²) in [4.78, 5) is 27.4. The van der Waals surface area contributed by atoms with E-state index in [4.69, 9.17) is 5.11 Å². The van der Waals surface area contributed by atoms with Crippen LogP contribution in [0.5, 0.6) is 0 Å². The van der Waals surface area contributed by atoms with Crippen LogP contribution in [0.15, 0.2) is 0 Å². The SMILES string of the molecule is O=C(O)[C@H]1C[C@H]1C(=O)N1CCN2CCCCC2C1. The van der Waals surface area contributed by atoms with Gasteiger partial charge in [-0.05, 0) is 25.8 Å². The molecule has 0 aromatic carbocycles. The molecule has 0 aromatic heterocycles. The highest BCUT2D eigenvalue weighted by Crippen LogP contribution is 2.40. The van der Waals surface area contributed by atoms with Crippen molar-refractivity contribution in [2.24, 2.45) is 11.8 Å². The van der Waals surface area contributed by atoms with E-state index in [0.29, 0.717) is 12.5 Å². The van der Waals surface area contributed by atoms with Crippen molar-refractivity contribution in [3.63, 3.8) is 0 Å². The number of nitrogens with zero attached hydrogens (tertiary/aromatic N) is 2. The van der Waals surface area contributed by atoms with Crippen LogP contribution >= 0.6 is 0 Å². The molecule has 0 aromatic rings. The summed E-state index contributed by atoms with van der Waals surface area (Å²) >= 11 is 0. The van der Waals surface area contributed by atoms with Crippen molar-refractivity contribution in [3.8, 4) is 0 Å². The summed E-state index contributed by atoms with van der Waals surface area (Å²) < 4.78 is 0. The summed E-state index contributed by atoms with van der Waals surface area (Å²) in [6.45, 7) is 3.70. The maximum atomic E-state index is 12.2. The number of rotatable bonds is 2. The van der Waals surface area contributed by atoms with Crippen molar-refractivity contribution in [1.82, 2.24) is 9.80 Å². The Hall–Kier alpha value is -1.10. The number of carboxylic acids is 1. The smallest absolute Gasteiger partial charge is 0.307 e. The molecule has 1 unspecified atom stereocenters. The van der Waals surface area contributed by atoms with E-state index in [0.717, 1.165) is 26.2 Å². The molecule has 3 aliphatic rings. The maximum Gasteiger partial charge on any atom is 0.307 e. The lowest BCUT2D eigenvalue weighted by Gasteiger charge is -2.44. The summed E-state index contributed by atoms with van der Waals surface area (Å²) in [5.74, 6) is -1.39. The Bertz CT molecular complexity index is 371. The molecule has 1 saturated carbocycles. The van der Waals surface area contributed by atoms with Crippen molar-refractivity contribution in [2.75, 3.05) is 26.2 Å². The molecule has 5 heteroatoms. The number of hydrogen-bond donors (Lipinski definition) is 1. The van der Waals surface area contributed by atoms with E-state index in [9.17, 15) is 9.59 Å². The molecule has 3 atom stereocenters. The van der Waals surface area contributed by atoms with Crippen LogP contribution in [0, 0.1) is 11.8 Å². The molecule has 0 bridgehead atoms. The summed E-state index contributed by atoms with van der Waals surface area (Å²) in [5, 5.41) is 8.88. The van der Waals surface area contributed by atoms with E-state index in [1.165, 1.54) is 19.3 Å². The van der Waals surface area contributed by atoms with Crippen LogP contribution in [0.2, 0.25) is 0 Å². The van der Waals surface area contributed by atoms with Gasteiger partial charge in [-0.25, -0.2) is 0 Å². The Labute approximate surface area is 107 Å². The zero-order chi connectivity index (χ0) is 12.7. The summed E-state index contributed by atoms with van der Waals surface area (Å²) in [7, 11) is 0. The molecular formula is C13H20N2O3. The Morgan fingerprint density at radius 1 is 1.06 bits per heavy atom. The van der Waals surface area contributed by atoms with Gasteiger partial charge in [0, 0.05) is 25.7 Å². The van der Waals surface area contributed by atoms with E-state index in [1.807, 2.05) is 4.90 Å². The first kappa shape index (κ1) is 12.0. The number of hydrogen-bond acceptors (Lipinski definition) is 3. The van der Waals surface area contributed by atoms with Gasteiger partial charge in [0.1, 0.15) is 0 Å². The molecule has 3 rings (SSSR count). The first-order chi connectivity index (χ1) is 8.66. The molecular weight excluding hydrogens is 232 g/mol. The molecule has 1 N–H and O–H groups in total. The number of carbonyl (C=O) groups excluding carboxylic acids is 1. The minimum absolute atomic E-state index is 0.0765. The van der Waals surface area contributed by atoms with Gasteiger partial charge in [-0.3, -0.25) is 14.5 Å². The first-order valence-electron chi connectivity index (χ1n) is 6.92. The fraction of sp³-hybridized carbons (Fsp3) is 0.846. The highest BCUT2D eigenvalue weighted by atomic mass is 16.4. The summed E-state index contributed by atoms with van der Waals surface area (Å²) in [6, 6.07) is 0.512. The fourth-order valence-electron chi connectivity index (χ4n) is 3.33. The van der Waals surface area contributed by atoms with Crippen molar-refractivity contribution in [1.29, 1.82) is 0 Å². The van der Waals surface area contributed by atoms with E-state index in [1.54, 1.807) is 0 Å². The van der Waals surface area contributed by atoms with Gasteiger partial charge in [0.25, 0.3) is 0 Å². The summed E-state index contributed by atoms with van der Waals surface area (Å²) in [6.07, 6.45) is 4.24. The normalized spacial score (nSPS) is 36.0. The highest BCUT2D eigenvalue weighted by Gasteiger charge is 2.50. The van der Waals surface area contributed by atoms with Crippen LogP contribution in [0.4, 0.5) is 0 Å². The van der Waals surface area contributed by atoms with Gasteiger partial charge in [-0.1, -0.05) is 6.42 Å².